The normalized spacial score (nSPS) is 12.4. The molecule has 0 aliphatic heterocycles. The molecule has 1 unspecified atom stereocenters. The number of rotatable bonds is 3. The second-order valence-corrected chi connectivity index (χ2v) is 4.55. The molecule has 1 heterocycles. The van der Waals surface area contributed by atoms with Crippen molar-refractivity contribution in [1.29, 1.82) is 0 Å². The summed E-state index contributed by atoms with van der Waals surface area (Å²) in [7, 11) is 1.33. The summed E-state index contributed by atoms with van der Waals surface area (Å²) >= 11 is 1.30. The third-order valence-corrected chi connectivity index (χ3v) is 3.19. The van der Waals surface area contributed by atoms with E-state index in [1.165, 1.54) is 30.6 Å². The Hall–Kier alpha value is -1.69. The molecule has 0 saturated carbocycles. The lowest BCUT2D eigenvalue weighted by molar-refractivity contribution is -0.141. The Morgan fingerprint density at radius 1 is 1.59 bits per heavy atom. The molecule has 0 saturated heterocycles. The molecule has 1 aromatic heterocycles. The van der Waals surface area contributed by atoms with Crippen molar-refractivity contribution in [3.8, 4) is 0 Å². The van der Waals surface area contributed by atoms with Gasteiger partial charge in [-0.25, -0.2) is 14.2 Å². The van der Waals surface area contributed by atoms with Crippen molar-refractivity contribution in [3.05, 3.63) is 24.0 Å². The fourth-order valence-electron chi connectivity index (χ4n) is 1.38. The maximum atomic E-state index is 13.0. The van der Waals surface area contributed by atoms with E-state index in [1.54, 1.807) is 13.0 Å². The number of nitrogens with zero attached hydrogens (tertiary/aromatic N) is 1. The van der Waals surface area contributed by atoms with Gasteiger partial charge in [0.1, 0.15) is 11.9 Å². The van der Waals surface area contributed by atoms with Crippen LogP contribution >= 0.6 is 11.3 Å². The van der Waals surface area contributed by atoms with E-state index < -0.39 is 6.04 Å². The van der Waals surface area contributed by atoms with Crippen LogP contribution in [0.3, 0.4) is 0 Å². The summed E-state index contributed by atoms with van der Waals surface area (Å²) in [5, 5.41) is 3.48. The molecule has 90 valence electrons. The summed E-state index contributed by atoms with van der Waals surface area (Å²) in [4.78, 5) is 15.5. The summed E-state index contributed by atoms with van der Waals surface area (Å²) in [5.41, 5.74) is 0.705. The molecule has 0 aliphatic carbocycles. The van der Waals surface area contributed by atoms with Gasteiger partial charge < -0.3 is 10.1 Å². The lowest BCUT2D eigenvalue weighted by atomic mass is 10.3. The number of esters is 1. The first kappa shape index (κ1) is 11.8. The van der Waals surface area contributed by atoms with Crippen LogP contribution in [-0.4, -0.2) is 24.1 Å². The van der Waals surface area contributed by atoms with Crippen molar-refractivity contribution in [1.82, 2.24) is 4.98 Å². The number of anilines is 1. The zero-order chi connectivity index (χ0) is 12.4. The van der Waals surface area contributed by atoms with Crippen LogP contribution < -0.4 is 5.32 Å². The molecule has 2 aromatic rings. The molecule has 0 aliphatic rings. The number of halogens is 1. The maximum Gasteiger partial charge on any atom is 0.328 e. The van der Waals surface area contributed by atoms with Gasteiger partial charge in [0.05, 0.1) is 17.3 Å². The number of fused-ring (bicyclic) bond motifs is 1. The second kappa shape index (κ2) is 4.67. The van der Waals surface area contributed by atoms with Gasteiger partial charge in [0.15, 0.2) is 5.13 Å². The highest BCUT2D eigenvalue weighted by Crippen LogP contribution is 2.26. The van der Waals surface area contributed by atoms with Crippen LogP contribution in [0.25, 0.3) is 10.2 Å². The standard InChI is InChI=1S/C11H11FN2O2S/c1-6(10(15)16-2)13-11-14-8-4-3-7(12)5-9(8)17-11/h3-6H,1-2H3,(H,13,14). The fourth-order valence-corrected chi connectivity index (χ4v) is 2.36. The van der Waals surface area contributed by atoms with Gasteiger partial charge in [-0.05, 0) is 25.1 Å². The van der Waals surface area contributed by atoms with E-state index in [0.29, 0.717) is 10.6 Å². The monoisotopic (exact) mass is 254 g/mol. The van der Waals surface area contributed by atoms with Crippen LogP contribution in [0.1, 0.15) is 6.92 Å². The summed E-state index contributed by atoms with van der Waals surface area (Å²) in [6.07, 6.45) is 0. The number of carbonyl (C=O) groups is 1. The lowest BCUT2D eigenvalue weighted by Crippen LogP contribution is -2.26. The highest BCUT2D eigenvalue weighted by molar-refractivity contribution is 7.22. The van der Waals surface area contributed by atoms with Gasteiger partial charge in [-0.15, -0.1) is 0 Å². The van der Waals surface area contributed by atoms with Gasteiger partial charge in [-0.2, -0.15) is 0 Å². The minimum atomic E-state index is -0.481. The maximum absolute atomic E-state index is 13.0. The minimum absolute atomic E-state index is 0.297. The van der Waals surface area contributed by atoms with Crippen molar-refractivity contribution in [2.75, 3.05) is 12.4 Å². The summed E-state index contributed by atoms with van der Waals surface area (Å²) in [6, 6.07) is 3.90. The molecule has 0 fully saturated rings. The van der Waals surface area contributed by atoms with Gasteiger partial charge in [0, 0.05) is 0 Å². The van der Waals surface area contributed by atoms with E-state index in [4.69, 9.17) is 0 Å². The molecule has 0 spiro atoms. The topological polar surface area (TPSA) is 51.2 Å². The molecular weight excluding hydrogens is 243 g/mol. The first-order valence-electron chi connectivity index (χ1n) is 5.00. The Balaban J connectivity index is 2.22. The van der Waals surface area contributed by atoms with Crippen molar-refractivity contribution in [2.45, 2.75) is 13.0 Å². The predicted octanol–water partition coefficient (Wildman–Crippen LogP) is 2.41. The highest BCUT2D eigenvalue weighted by atomic mass is 32.1. The molecule has 1 aromatic carbocycles. The van der Waals surface area contributed by atoms with E-state index in [-0.39, 0.29) is 11.8 Å². The SMILES string of the molecule is COC(=O)C(C)Nc1nc2ccc(F)cc2s1. The number of methoxy groups -OCH3 is 1. The molecule has 6 heteroatoms. The van der Waals surface area contributed by atoms with Gasteiger partial charge in [0.25, 0.3) is 0 Å². The van der Waals surface area contributed by atoms with E-state index in [0.717, 1.165) is 4.70 Å². The Morgan fingerprint density at radius 3 is 3.06 bits per heavy atom. The van der Waals surface area contributed by atoms with Crippen LogP contribution in [0.2, 0.25) is 0 Å². The van der Waals surface area contributed by atoms with Crippen molar-refractivity contribution in [3.63, 3.8) is 0 Å². The van der Waals surface area contributed by atoms with Crippen LogP contribution in [0, 0.1) is 5.82 Å². The molecular formula is C11H11FN2O2S. The van der Waals surface area contributed by atoms with Gasteiger partial charge >= 0.3 is 5.97 Å². The highest BCUT2D eigenvalue weighted by Gasteiger charge is 2.14. The summed E-state index contributed by atoms with van der Waals surface area (Å²) in [6.45, 7) is 1.68. The molecule has 0 bridgehead atoms. The Bertz CT molecular complexity index is 555. The molecule has 1 N–H and O–H groups in total. The first-order chi connectivity index (χ1) is 8.10. The number of ether oxygens (including phenoxy) is 1. The quantitative estimate of drug-likeness (QED) is 0.855. The number of carbonyl (C=O) groups excluding carboxylic acids is 1. The van der Waals surface area contributed by atoms with Crippen LogP contribution in [0.15, 0.2) is 18.2 Å². The van der Waals surface area contributed by atoms with Crippen molar-refractivity contribution < 1.29 is 13.9 Å². The predicted molar refractivity (Wildman–Crippen MR) is 64.7 cm³/mol. The number of hydrogen-bond acceptors (Lipinski definition) is 5. The van der Waals surface area contributed by atoms with Gasteiger partial charge in [-0.3, -0.25) is 0 Å². The molecule has 2 rings (SSSR count). The van der Waals surface area contributed by atoms with E-state index >= 15 is 0 Å². The smallest absolute Gasteiger partial charge is 0.328 e. The van der Waals surface area contributed by atoms with E-state index in [1.807, 2.05) is 0 Å². The van der Waals surface area contributed by atoms with E-state index in [2.05, 4.69) is 15.0 Å². The first-order valence-corrected chi connectivity index (χ1v) is 5.82. The number of benzene rings is 1. The molecule has 4 nitrogen and oxygen atoms in total. The van der Waals surface area contributed by atoms with Crippen molar-refractivity contribution in [2.24, 2.45) is 0 Å². The third-order valence-electron chi connectivity index (χ3n) is 2.25. The number of hydrogen-bond donors (Lipinski definition) is 1. The number of aromatic nitrogens is 1. The molecule has 17 heavy (non-hydrogen) atoms. The average Bonchev–Trinajstić information content (AvgIpc) is 2.69. The van der Waals surface area contributed by atoms with Crippen LogP contribution in [0.5, 0.6) is 0 Å². The zero-order valence-corrected chi connectivity index (χ0v) is 10.2. The summed E-state index contributed by atoms with van der Waals surface area (Å²) in [5.74, 6) is -0.663. The minimum Gasteiger partial charge on any atom is -0.467 e. The van der Waals surface area contributed by atoms with Crippen LogP contribution in [-0.2, 0) is 9.53 Å². The molecule has 0 radical (unpaired) electrons. The van der Waals surface area contributed by atoms with Crippen LogP contribution in [0.4, 0.5) is 9.52 Å². The third kappa shape index (κ3) is 2.52. The average molecular weight is 254 g/mol. The number of thiazole rings is 1. The second-order valence-electron chi connectivity index (χ2n) is 3.52. The Labute approximate surface area is 101 Å². The molecule has 1 atom stereocenters. The number of nitrogens with one attached hydrogen (secondary N) is 1. The van der Waals surface area contributed by atoms with Crippen molar-refractivity contribution >= 4 is 32.7 Å². The summed E-state index contributed by atoms with van der Waals surface area (Å²) < 4.78 is 18.3. The zero-order valence-electron chi connectivity index (χ0n) is 9.36. The largest absolute Gasteiger partial charge is 0.467 e. The lowest BCUT2D eigenvalue weighted by Gasteiger charge is -2.09. The van der Waals surface area contributed by atoms with Gasteiger partial charge in [0.2, 0.25) is 0 Å². The van der Waals surface area contributed by atoms with E-state index in [9.17, 15) is 9.18 Å². The Morgan fingerprint density at radius 2 is 2.35 bits per heavy atom. The molecule has 0 amide bonds. The fraction of sp³-hybridized carbons (Fsp3) is 0.273. The Kier molecular flexibility index (Phi) is 3.23. The van der Waals surface area contributed by atoms with Gasteiger partial charge in [-0.1, -0.05) is 11.3 Å².